The maximum absolute atomic E-state index is 5.61. The van der Waals surface area contributed by atoms with Gasteiger partial charge >= 0.3 is 0 Å². The highest BCUT2D eigenvalue weighted by atomic mass is 16.5. The zero-order valence-electron chi connectivity index (χ0n) is 13.4. The lowest BCUT2D eigenvalue weighted by molar-refractivity contribution is -0.0391. The predicted octanol–water partition coefficient (Wildman–Crippen LogP) is 4.11. The number of hydrogen-bond acceptors (Lipinski definition) is 2. The summed E-state index contributed by atoms with van der Waals surface area (Å²) in [4.78, 5) is 2.63. The van der Waals surface area contributed by atoms with Crippen LogP contribution in [0.2, 0.25) is 0 Å². The number of piperidine rings is 1. The van der Waals surface area contributed by atoms with E-state index in [9.17, 15) is 0 Å². The number of likely N-dealkylation sites (tertiary alicyclic amines) is 1. The Hall–Kier alpha value is -0.860. The first-order valence-corrected chi connectivity index (χ1v) is 8.66. The summed E-state index contributed by atoms with van der Waals surface area (Å²) in [5.74, 6) is 0.915. The highest BCUT2D eigenvalue weighted by molar-refractivity contribution is 5.14. The molecule has 0 aliphatic carbocycles. The van der Waals surface area contributed by atoms with Crippen molar-refractivity contribution in [1.29, 1.82) is 0 Å². The van der Waals surface area contributed by atoms with Crippen LogP contribution in [0, 0.1) is 11.3 Å². The fourth-order valence-corrected chi connectivity index (χ4v) is 4.37. The Balaban J connectivity index is 1.54. The summed E-state index contributed by atoms with van der Waals surface area (Å²) in [6.07, 6.45) is 6.65. The summed E-state index contributed by atoms with van der Waals surface area (Å²) in [5.41, 5.74) is 2.03. The van der Waals surface area contributed by atoms with E-state index >= 15 is 0 Å². The molecule has 2 aliphatic heterocycles. The minimum Gasteiger partial charge on any atom is -0.381 e. The molecule has 0 saturated carbocycles. The van der Waals surface area contributed by atoms with E-state index < -0.39 is 0 Å². The first kappa shape index (κ1) is 15.1. The fraction of sp³-hybridized carbons (Fsp3) is 0.684. The van der Waals surface area contributed by atoms with Gasteiger partial charge < -0.3 is 4.74 Å². The van der Waals surface area contributed by atoms with Crippen LogP contribution in [0.5, 0.6) is 0 Å². The molecule has 0 spiro atoms. The Morgan fingerprint density at radius 2 is 1.76 bits per heavy atom. The number of rotatable bonds is 4. The van der Waals surface area contributed by atoms with E-state index in [0.717, 1.165) is 25.7 Å². The van der Waals surface area contributed by atoms with Crippen LogP contribution >= 0.6 is 0 Å². The second-order valence-corrected chi connectivity index (χ2v) is 6.86. The molecule has 21 heavy (non-hydrogen) atoms. The molecule has 2 nitrogen and oxygen atoms in total. The van der Waals surface area contributed by atoms with Gasteiger partial charge in [0.25, 0.3) is 0 Å². The number of nitrogens with zero attached hydrogens (tertiary/aromatic N) is 1. The van der Waals surface area contributed by atoms with Crippen LogP contribution < -0.4 is 0 Å². The molecule has 2 saturated heterocycles. The van der Waals surface area contributed by atoms with E-state index in [1.807, 2.05) is 0 Å². The molecule has 0 atom stereocenters. The van der Waals surface area contributed by atoms with Gasteiger partial charge in [0.15, 0.2) is 0 Å². The molecular weight excluding hydrogens is 258 g/mol. The smallest absolute Gasteiger partial charge is 0.0471 e. The summed E-state index contributed by atoms with van der Waals surface area (Å²) in [7, 11) is 0. The third kappa shape index (κ3) is 3.49. The SMILES string of the molecule is CCC1(C2CCN(Cc3ccccc3)CC2)CCOCC1. The van der Waals surface area contributed by atoms with Gasteiger partial charge in [-0.2, -0.15) is 0 Å². The van der Waals surface area contributed by atoms with Crippen molar-refractivity contribution in [3.63, 3.8) is 0 Å². The van der Waals surface area contributed by atoms with Gasteiger partial charge in [-0.05, 0) is 55.7 Å². The minimum atomic E-state index is 0.580. The van der Waals surface area contributed by atoms with Crippen LogP contribution in [0.15, 0.2) is 30.3 Å². The normalized spacial score (nSPS) is 24.0. The summed E-state index contributed by atoms with van der Waals surface area (Å²) in [6, 6.07) is 10.9. The van der Waals surface area contributed by atoms with Gasteiger partial charge in [-0.15, -0.1) is 0 Å². The monoisotopic (exact) mass is 287 g/mol. The molecule has 0 bridgehead atoms. The molecule has 0 unspecified atom stereocenters. The Morgan fingerprint density at radius 3 is 2.38 bits per heavy atom. The van der Waals surface area contributed by atoms with E-state index in [4.69, 9.17) is 4.74 Å². The van der Waals surface area contributed by atoms with E-state index in [2.05, 4.69) is 42.2 Å². The van der Waals surface area contributed by atoms with Crippen LogP contribution in [-0.2, 0) is 11.3 Å². The molecule has 0 radical (unpaired) electrons. The average molecular weight is 287 g/mol. The third-order valence-corrected chi connectivity index (χ3v) is 5.90. The molecule has 116 valence electrons. The van der Waals surface area contributed by atoms with Gasteiger partial charge in [0.1, 0.15) is 0 Å². The van der Waals surface area contributed by atoms with E-state index in [0.29, 0.717) is 5.41 Å². The van der Waals surface area contributed by atoms with Gasteiger partial charge in [0.2, 0.25) is 0 Å². The molecule has 0 N–H and O–H groups in total. The van der Waals surface area contributed by atoms with Crippen LogP contribution in [0.25, 0.3) is 0 Å². The highest BCUT2D eigenvalue weighted by Gasteiger charge is 2.39. The van der Waals surface area contributed by atoms with Crippen LogP contribution in [0.1, 0.15) is 44.6 Å². The van der Waals surface area contributed by atoms with Crippen molar-refractivity contribution in [1.82, 2.24) is 4.90 Å². The summed E-state index contributed by atoms with van der Waals surface area (Å²) in [6.45, 7) is 8.01. The second kappa shape index (κ2) is 6.93. The number of benzene rings is 1. The van der Waals surface area contributed by atoms with E-state index in [-0.39, 0.29) is 0 Å². The maximum Gasteiger partial charge on any atom is 0.0471 e. The number of ether oxygens (including phenoxy) is 1. The lowest BCUT2D eigenvalue weighted by Crippen LogP contribution is -2.43. The molecule has 3 rings (SSSR count). The van der Waals surface area contributed by atoms with Gasteiger partial charge in [0.05, 0.1) is 0 Å². The Kier molecular flexibility index (Phi) is 4.97. The molecule has 2 aliphatic rings. The molecule has 2 fully saturated rings. The lowest BCUT2D eigenvalue weighted by Gasteiger charge is -2.46. The predicted molar refractivity (Wildman–Crippen MR) is 87.2 cm³/mol. The van der Waals surface area contributed by atoms with Crippen molar-refractivity contribution in [2.75, 3.05) is 26.3 Å². The summed E-state index contributed by atoms with van der Waals surface area (Å²) in [5, 5.41) is 0. The van der Waals surface area contributed by atoms with Gasteiger partial charge in [0, 0.05) is 19.8 Å². The Labute approximate surface area is 129 Å². The molecule has 1 aromatic rings. The number of hydrogen-bond donors (Lipinski definition) is 0. The van der Waals surface area contributed by atoms with Crippen LogP contribution in [-0.4, -0.2) is 31.2 Å². The Bertz CT molecular complexity index is 416. The summed E-state index contributed by atoms with van der Waals surface area (Å²) >= 11 is 0. The largest absolute Gasteiger partial charge is 0.381 e. The molecular formula is C19H29NO. The van der Waals surface area contributed by atoms with Crippen LogP contribution in [0.4, 0.5) is 0 Å². The molecule has 2 heteroatoms. The van der Waals surface area contributed by atoms with Gasteiger partial charge in [-0.3, -0.25) is 4.90 Å². The molecule has 1 aromatic carbocycles. The second-order valence-electron chi connectivity index (χ2n) is 6.86. The third-order valence-electron chi connectivity index (χ3n) is 5.90. The van der Waals surface area contributed by atoms with E-state index in [1.54, 1.807) is 0 Å². The highest BCUT2D eigenvalue weighted by Crippen LogP contribution is 2.45. The van der Waals surface area contributed by atoms with Gasteiger partial charge in [-0.1, -0.05) is 43.7 Å². The topological polar surface area (TPSA) is 12.5 Å². The Morgan fingerprint density at radius 1 is 1.10 bits per heavy atom. The van der Waals surface area contributed by atoms with Crippen molar-refractivity contribution >= 4 is 0 Å². The van der Waals surface area contributed by atoms with Crippen LogP contribution in [0.3, 0.4) is 0 Å². The van der Waals surface area contributed by atoms with Crippen molar-refractivity contribution < 1.29 is 4.74 Å². The lowest BCUT2D eigenvalue weighted by atomic mass is 9.65. The zero-order valence-corrected chi connectivity index (χ0v) is 13.4. The quantitative estimate of drug-likeness (QED) is 0.826. The van der Waals surface area contributed by atoms with Crippen molar-refractivity contribution in [2.24, 2.45) is 11.3 Å². The molecule has 2 heterocycles. The van der Waals surface area contributed by atoms with Crippen molar-refractivity contribution in [2.45, 2.75) is 45.6 Å². The zero-order chi connectivity index (χ0) is 14.5. The van der Waals surface area contributed by atoms with Crippen molar-refractivity contribution in [3.8, 4) is 0 Å². The molecule has 0 amide bonds. The first-order valence-electron chi connectivity index (χ1n) is 8.66. The van der Waals surface area contributed by atoms with Gasteiger partial charge in [-0.25, -0.2) is 0 Å². The standard InChI is InChI=1S/C19H29NO/c1-2-19(10-14-21-15-11-19)18-8-12-20(13-9-18)16-17-6-4-3-5-7-17/h3-7,18H,2,8-16H2,1H3. The molecule has 0 aromatic heterocycles. The maximum atomic E-state index is 5.61. The average Bonchev–Trinajstić information content (AvgIpc) is 2.57. The summed E-state index contributed by atoms with van der Waals surface area (Å²) < 4.78 is 5.61. The minimum absolute atomic E-state index is 0.580. The van der Waals surface area contributed by atoms with Crippen molar-refractivity contribution in [3.05, 3.63) is 35.9 Å². The first-order chi connectivity index (χ1) is 10.3. The van der Waals surface area contributed by atoms with E-state index in [1.165, 1.54) is 50.8 Å². The fourth-order valence-electron chi connectivity index (χ4n) is 4.37.